The molecule has 166 valence electrons. The molecule has 1 heterocycles. The number of rotatable bonds is 4. The molecule has 1 unspecified atom stereocenters. The number of halogens is 1. The van der Waals surface area contributed by atoms with Crippen molar-refractivity contribution in [3.8, 4) is 5.75 Å². The van der Waals surface area contributed by atoms with Crippen LogP contribution in [-0.2, 0) is 14.8 Å². The molecule has 8 heteroatoms. The number of hydrogen-bond acceptors (Lipinski definition) is 4. The summed E-state index contributed by atoms with van der Waals surface area (Å²) in [5.41, 5.74) is 3.80. The van der Waals surface area contributed by atoms with E-state index in [1.54, 1.807) is 36.4 Å². The third kappa shape index (κ3) is 4.31. The monoisotopic (exact) mass is 470 g/mol. The summed E-state index contributed by atoms with van der Waals surface area (Å²) < 4.78 is 34.1. The van der Waals surface area contributed by atoms with E-state index >= 15 is 0 Å². The summed E-state index contributed by atoms with van der Waals surface area (Å²) in [6.07, 6.45) is -1.04. The van der Waals surface area contributed by atoms with Crippen molar-refractivity contribution in [2.45, 2.75) is 31.8 Å². The lowest BCUT2D eigenvalue weighted by molar-refractivity contribution is -0.122. The van der Waals surface area contributed by atoms with Gasteiger partial charge in [0, 0.05) is 10.7 Å². The van der Waals surface area contributed by atoms with E-state index in [4.69, 9.17) is 16.3 Å². The Kier molecular flexibility index (Phi) is 5.88. The summed E-state index contributed by atoms with van der Waals surface area (Å²) in [6, 6.07) is 17.0. The summed E-state index contributed by atoms with van der Waals surface area (Å²) in [5.74, 6) is -0.152. The molecular formula is C24H23ClN2O4S. The maximum atomic E-state index is 13.5. The second-order valence-corrected chi connectivity index (χ2v) is 10.2. The maximum Gasteiger partial charge on any atom is 0.267 e. The molecule has 0 saturated heterocycles. The van der Waals surface area contributed by atoms with Crippen LogP contribution in [0.5, 0.6) is 5.75 Å². The van der Waals surface area contributed by atoms with Gasteiger partial charge in [0.2, 0.25) is 0 Å². The first kappa shape index (κ1) is 22.2. The summed E-state index contributed by atoms with van der Waals surface area (Å²) >= 11 is 6.14. The number of nitrogens with zero attached hydrogens (tertiary/aromatic N) is 1. The van der Waals surface area contributed by atoms with E-state index in [9.17, 15) is 13.2 Å². The minimum absolute atomic E-state index is 0.129. The highest BCUT2D eigenvalue weighted by atomic mass is 35.5. The Labute approximate surface area is 192 Å². The van der Waals surface area contributed by atoms with Crippen LogP contribution in [0.4, 0.5) is 11.4 Å². The second-order valence-electron chi connectivity index (χ2n) is 7.88. The number of hydrogen-bond donors (Lipinski definition) is 1. The van der Waals surface area contributed by atoms with E-state index in [1.807, 2.05) is 39.0 Å². The van der Waals surface area contributed by atoms with Crippen LogP contribution >= 0.6 is 11.6 Å². The zero-order chi connectivity index (χ0) is 23.0. The highest BCUT2D eigenvalue weighted by molar-refractivity contribution is 7.92. The van der Waals surface area contributed by atoms with Gasteiger partial charge in [-0.05, 0) is 68.3 Å². The predicted octanol–water partition coefficient (Wildman–Crippen LogP) is 4.86. The molecule has 0 bridgehead atoms. The Morgan fingerprint density at radius 1 is 1.00 bits per heavy atom. The lowest BCUT2D eigenvalue weighted by Crippen LogP contribution is -2.48. The minimum atomic E-state index is -3.95. The molecule has 32 heavy (non-hydrogen) atoms. The second kappa shape index (κ2) is 8.48. The molecular weight excluding hydrogens is 448 g/mol. The lowest BCUT2D eigenvalue weighted by atomic mass is 10.1. The molecule has 3 aromatic rings. The fraction of sp³-hybridized carbons (Fsp3) is 0.208. The average Bonchev–Trinajstić information content (AvgIpc) is 2.75. The number of carbonyl (C=O) groups is 1. The fourth-order valence-electron chi connectivity index (χ4n) is 3.51. The normalized spacial score (nSPS) is 15.6. The van der Waals surface area contributed by atoms with Gasteiger partial charge in [0.1, 0.15) is 5.75 Å². The number of carbonyl (C=O) groups excluding carboxylic acids is 1. The fourth-order valence-corrected chi connectivity index (χ4v) is 5.14. The molecule has 0 aliphatic carbocycles. The van der Waals surface area contributed by atoms with Crippen LogP contribution in [0.3, 0.4) is 0 Å². The van der Waals surface area contributed by atoms with E-state index < -0.39 is 22.0 Å². The van der Waals surface area contributed by atoms with Gasteiger partial charge >= 0.3 is 0 Å². The molecule has 0 radical (unpaired) electrons. The quantitative estimate of drug-likeness (QED) is 0.590. The van der Waals surface area contributed by atoms with Crippen LogP contribution in [0.15, 0.2) is 65.6 Å². The van der Waals surface area contributed by atoms with Gasteiger partial charge in [0.25, 0.3) is 15.9 Å². The molecule has 4 rings (SSSR count). The lowest BCUT2D eigenvalue weighted by Gasteiger charge is -2.35. The molecule has 1 aliphatic heterocycles. The van der Waals surface area contributed by atoms with Crippen LogP contribution < -0.4 is 14.4 Å². The van der Waals surface area contributed by atoms with Gasteiger partial charge in [-0.1, -0.05) is 41.4 Å². The third-order valence-electron chi connectivity index (χ3n) is 5.34. The van der Waals surface area contributed by atoms with Crippen molar-refractivity contribution in [2.24, 2.45) is 0 Å². The topological polar surface area (TPSA) is 75.7 Å². The van der Waals surface area contributed by atoms with Crippen molar-refractivity contribution in [3.63, 3.8) is 0 Å². The summed E-state index contributed by atoms with van der Waals surface area (Å²) in [7, 11) is -3.95. The Bertz CT molecular complexity index is 1290. The number of fused-ring (bicyclic) bond motifs is 1. The molecule has 0 saturated carbocycles. The van der Waals surface area contributed by atoms with E-state index in [1.165, 1.54) is 10.4 Å². The Morgan fingerprint density at radius 3 is 2.41 bits per heavy atom. The molecule has 1 aliphatic rings. The predicted molar refractivity (Wildman–Crippen MR) is 126 cm³/mol. The Balaban J connectivity index is 1.70. The van der Waals surface area contributed by atoms with Crippen molar-refractivity contribution in [3.05, 3.63) is 82.4 Å². The molecule has 1 amide bonds. The van der Waals surface area contributed by atoms with Crippen molar-refractivity contribution in [1.82, 2.24) is 0 Å². The number of amides is 1. The smallest absolute Gasteiger partial charge is 0.267 e. The number of nitrogens with one attached hydrogen (secondary N) is 1. The number of aryl methyl sites for hydroxylation is 3. The van der Waals surface area contributed by atoms with Crippen LogP contribution in [0.2, 0.25) is 5.02 Å². The highest BCUT2D eigenvalue weighted by Gasteiger charge is 2.38. The van der Waals surface area contributed by atoms with E-state index in [0.717, 1.165) is 16.7 Å². The first-order valence-corrected chi connectivity index (χ1v) is 11.9. The largest absolute Gasteiger partial charge is 0.476 e. The zero-order valence-electron chi connectivity index (χ0n) is 17.9. The summed E-state index contributed by atoms with van der Waals surface area (Å²) in [4.78, 5) is 13.2. The summed E-state index contributed by atoms with van der Waals surface area (Å²) in [5, 5.41) is 3.24. The van der Waals surface area contributed by atoms with Crippen molar-refractivity contribution >= 4 is 38.9 Å². The number of anilines is 2. The Hall–Kier alpha value is -3.03. The molecule has 1 N–H and O–H groups in total. The van der Waals surface area contributed by atoms with Gasteiger partial charge in [0.05, 0.1) is 17.1 Å². The summed E-state index contributed by atoms with van der Waals surface area (Å²) in [6.45, 7) is 5.53. The molecule has 0 spiro atoms. The van der Waals surface area contributed by atoms with Gasteiger partial charge in [-0.15, -0.1) is 0 Å². The van der Waals surface area contributed by atoms with E-state index in [2.05, 4.69) is 5.32 Å². The molecule has 6 nitrogen and oxygen atoms in total. The number of benzene rings is 3. The molecule has 1 atom stereocenters. The molecule has 0 fully saturated rings. The van der Waals surface area contributed by atoms with Gasteiger partial charge in [-0.2, -0.15) is 0 Å². The van der Waals surface area contributed by atoms with Crippen LogP contribution in [0.1, 0.15) is 16.7 Å². The van der Waals surface area contributed by atoms with E-state index in [0.29, 0.717) is 16.4 Å². The maximum absolute atomic E-state index is 13.5. The van der Waals surface area contributed by atoms with Crippen LogP contribution in [0, 0.1) is 20.8 Å². The number of ether oxygens (including phenoxy) is 1. The van der Waals surface area contributed by atoms with E-state index in [-0.39, 0.29) is 17.2 Å². The number of sulfonamides is 1. The average molecular weight is 471 g/mol. The standard InChI is InChI=1S/C24H23ClN2O4S/c1-15-5-9-19(10-6-15)32(29,30)27-14-23(31-22-11-8-18(25)13-21(22)27)24(28)26-20-12-16(2)4-7-17(20)3/h4-13,23H,14H2,1-3H3,(H,26,28). The Morgan fingerprint density at radius 2 is 1.69 bits per heavy atom. The van der Waals surface area contributed by atoms with Crippen LogP contribution in [-0.4, -0.2) is 27.0 Å². The highest BCUT2D eigenvalue weighted by Crippen LogP contribution is 2.39. The van der Waals surface area contributed by atoms with Crippen molar-refractivity contribution in [2.75, 3.05) is 16.2 Å². The van der Waals surface area contributed by atoms with Gasteiger partial charge in [-0.3, -0.25) is 9.10 Å². The first-order chi connectivity index (χ1) is 15.1. The van der Waals surface area contributed by atoms with Gasteiger partial charge < -0.3 is 10.1 Å². The zero-order valence-corrected chi connectivity index (χ0v) is 19.5. The van der Waals surface area contributed by atoms with Crippen molar-refractivity contribution in [1.29, 1.82) is 0 Å². The molecule has 0 aromatic heterocycles. The minimum Gasteiger partial charge on any atom is -0.476 e. The van der Waals surface area contributed by atoms with Crippen LogP contribution in [0.25, 0.3) is 0 Å². The van der Waals surface area contributed by atoms with Gasteiger partial charge in [0.15, 0.2) is 6.10 Å². The molecule has 3 aromatic carbocycles. The van der Waals surface area contributed by atoms with Gasteiger partial charge in [-0.25, -0.2) is 8.42 Å². The third-order valence-corrected chi connectivity index (χ3v) is 7.37. The SMILES string of the molecule is Cc1ccc(S(=O)(=O)N2CC(C(=O)Nc3cc(C)ccc3C)Oc3ccc(Cl)cc32)cc1. The first-order valence-electron chi connectivity index (χ1n) is 10.1. The van der Waals surface area contributed by atoms with Crippen molar-refractivity contribution < 1.29 is 17.9 Å².